The molecule has 0 spiro atoms. The number of fused-ring (bicyclic) bond motifs is 1. The first-order valence-electron chi connectivity index (χ1n) is 14.4. The molecule has 0 radical (unpaired) electrons. The maximum Gasteiger partial charge on any atom is 0.310 e. The highest BCUT2D eigenvalue weighted by Gasteiger charge is 2.23. The number of pyridine rings is 1. The molecule has 3 heterocycles. The van der Waals surface area contributed by atoms with Gasteiger partial charge in [0.1, 0.15) is 11.4 Å². The number of aromatic nitrogens is 2. The molecule has 1 fully saturated rings. The van der Waals surface area contributed by atoms with E-state index < -0.39 is 29.2 Å². The number of halogens is 1. The minimum absolute atomic E-state index is 0.211. The first-order chi connectivity index (χ1) is 20.5. The highest BCUT2D eigenvalue weighted by Crippen LogP contribution is 2.31. The van der Waals surface area contributed by atoms with E-state index in [4.69, 9.17) is 4.74 Å². The monoisotopic (exact) mass is 585 g/mol. The van der Waals surface area contributed by atoms with Crippen LogP contribution in [0.25, 0.3) is 5.52 Å². The number of hydrogen-bond acceptors (Lipinski definition) is 6. The predicted octanol–water partition coefficient (Wildman–Crippen LogP) is 6.16. The molecular formula is C33H36FN5O4. The second-order valence-electron chi connectivity index (χ2n) is 11.7. The third-order valence-electron chi connectivity index (χ3n) is 7.21. The quantitative estimate of drug-likeness (QED) is 0.252. The van der Waals surface area contributed by atoms with Crippen LogP contribution in [0.2, 0.25) is 0 Å². The van der Waals surface area contributed by atoms with E-state index >= 15 is 0 Å². The van der Waals surface area contributed by atoms with E-state index in [9.17, 15) is 18.8 Å². The second-order valence-corrected chi connectivity index (χ2v) is 11.7. The molecule has 2 aromatic heterocycles. The van der Waals surface area contributed by atoms with E-state index in [-0.39, 0.29) is 17.8 Å². The summed E-state index contributed by atoms with van der Waals surface area (Å²) < 4.78 is 21.2. The largest absolute Gasteiger partial charge is 0.460 e. The molecule has 5 rings (SSSR count). The number of nitrogens with one attached hydrogen (secondary N) is 2. The van der Waals surface area contributed by atoms with Gasteiger partial charge in [-0.25, -0.2) is 9.37 Å². The van der Waals surface area contributed by atoms with Gasteiger partial charge in [-0.15, -0.1) is 0 Å². The summed E-state index contributed by atoms with van der Waals surface area (Å²) in [6, 6.07) is 14.6. The van der Waals surface area contributed by atoms with Gasteiger partial charge in [-0.2, -0.15) is 0 Å². The maximum atomic E-state index is 14.1. The number of carbonyl (C=O) groups excluding carboxylic acids is 3. The van der Waals surface area contributed by atoms with Crippen LogP contribution in [0.15, 0.2) is 60.8 Å². The number of rotatable bonds is 7. The van der Waals surface area contributed by atoms with Gasteiger partial charge in [0.05, 0.1) is 29.0 Å². The molecular weight excluding hydrogens is 549 g/mol. The van der Waals surface area contributed by atoms with Crippen LogP contribution in [0.1, 0.15) is 72.3 Å². The fourth-order valence-corrected chi connectivity index (χ4v) is 5.28. The summed E-state index contributed by atoms with van der Waals surface area (Å²) in [6.07, 6.45) is 4.78. The fraction of sp³-hybridized carbons (Fsp3) is 0.333. The molecule has 0 saturated carbocycles. The maximum absolute atomic E-state index is 14.1. The number of aryl methyl sites for hydroxylation is 1. The average Bonchev–Trinajstić information content (AvgIpc) is 3.30. The number of hydrogen-bond donors (Lipinski definition) is 2. The number of nitrogens with zero attached hydrogens (tertiary/aromatic N) is 3. The van der Waals surface area contributed by atoms with E-state index in [1.165, 1.54) is 18.2 Å². The summed E-state index contributed by atoms with van der Waals surface area (Å²) in [5.74, 6) is -1.70. The van der Waals surface area contributed by atoms with Gasteiger partial charge in [-0.3, -0.25) is 18.8 Å². The number of carbonyl (C=O) groups is 3. The standard InChI is InChI=1S/C33H36FN5O4/c1-21-27-10-6-9-17-39(27)30(35-21)32(42)37-26-19-22(11-14-28(26)38-15-7-5-8-16-38)31(41)36-25-13-12-24(34)18-23(25)20-29(40)43-33(2,3)4/h6,9-14,17-19H,5,7-8,15-16,20H2,1-4H3,(H,36,41)(H,37,42). The Hall–Kier alpha value is -4.73. The number of benzene rings is 2. The van der Waals surface area contributed by atoms with Crippen molar-refractivity contribution >= 4 is 40.4 Å². The SMILES string of the molecule is Cc1nc(C(=O)Nc2cc(C(=O)Nc3ccc(F)cc3CC(=O)OC(C)(C)C)ccc2N2CCCCC2)n2ccccc12. The fourth-order valence-electron chi connectivity index (χ4n) is 5.28. The van der Waals surface area contributed by atoms with Crippen molar-refractivity contribution in [3.8, 4) is 0 Å². The molecule has 9 nitrogen and oxygen atoms in total. The van der Waals surface area contributed by atoms with Gasteiger partial charge < -0.3 is 20.3 Å². The van der Waals surface area contributed by atoms with Gasteiger partial charge in [-0.05, 0) is 101 Å². The zero-order chi connectivity index (χ0) is 30.7. The molecule has 10 heteroatoms. The predicted molar refractivity (Wildman–Crippen MR) is 164 cm³/mol. The molecule has 2 aromatic carbocycles. The third kappa shape index (κ3) is 7.02. The number of esters is 1. The minimum Gasteiger partial charge on any atom is -0.460 e. The van der Waals surface area contributed by atoms with E-state index in [0.717, 1.165) is 49.2 Å². The van der Waals surface area contributed by atoms with Gasteiger partial charge in [0.25, 0.3) is 11.8 Å². The zero-order valence-electron chi connectivity index (χ0n) is 24.9. The summed E-state index contributed by atoms with van der Waals surface area (Å²) >= 11 is 0. The van der Waals surface area contributed by atoms with Crippen LogP contribution in [0.5, 0.6) is 0 Å². The first kappa shape index (κ1) is 29.8. The summed E-state index contributed by atoms with van der Waals surface area (Å²) in [5.41, 5.74) is 3.03. The van der Waals surface area contributed by atoms with Crippen molar-refractivity contribution in [2.75, 3.05) is 28.6 Å². The Morgan fingerprint density at radius 1 is 0.930 bits per heavy atom. The van der Waals surface area contributed by atoms with Crippen molar-refractivity contribution < 1.29 is 23.5 Å². The van der Waals surface area contributed by atoms with Gasteiger partial charge in [0.15, 0.2) is 0 Å². The van der Waals surface area contributed by atoms with Crippen LogP contribution < -0.4 is 15.5 Å². The van der Waals surface area contributed by atoms with E-state index in [0.29, 0.717) is 16.9 Å². The Morgan fingerprint density at radius 2 is 1.67 bits per heavy atom. The van der Waals surface area contributed by atoms with Crippen LogP contribution in [-0.2, 0) is 16.0 Å². The molecule has 1 aliphatic heterocycles. The lowest BCUT2D eigenvalue weighted by molar-refractivity contribution is -0.153. The van der Waals surface area contributed by atoms with Crippen LogP contribution in [0.4, 0.5) is 21.5 Å². The molecule has 0 aliphatic carbocycles. The summed E-state index contributed by atoms with van der Waals surface area (Å²) in [6.45, 7) is 8.77. The van der Waals surface area contributed by atoms with Crippen molar-refractivity contribution in [2.24, 2.45) is 0 Å². The van der Waals surface area contributed by atoms with Crippen molar-refractivity contribution in [1.29, 1.82) is 0 Å². The number of piperidine rings is 1. The smallest absolute Gasteiger partial charge is 0.310 e. The molecule has 2 N–H and O–H groups in total. The summed E-state index contributed by atoms with van der Waals surface area (Å²) in [5, 5.41) is 5.81. The van der Waals surface area contributed by atoms with Crippen molar-refractivity contribution in [1.82, 2.24) is 9.38 Å². The minimum atomic E-state index is -0.702. The Morgan fingerprint density at radius 3 is 2.42 bits per heavy atom. The highest BCUT2D eigenvalue weighted by atomic mass is 19.1. The second kappa shape index (κ2) is 12.2. The van der Waals surface area contributed by atoms with Crippen molar-refractivity contribution in [2.45, 2.75) is 59.0 Å². The Bertz CT molecular complexity index is 1680. The normalized spacial score (nSPS) is 13.6. The van der Waals surface area contributed by atoms with Gasteiger partial charge in [0, 0.05) is 30.5 Å². The molecule has 0 atom stereocenters. The lowest BCUT2D eigenvalue weighted by Gasteiger charge is -2.30. The van der Waals surface area contributed by atoms with E-state index in [1.807, 2.05) is 31.2 Å². The Balaban J connectivity index is 1.43. The van der Waals surface area contributed by atoms with Crippen LogP contribution in [0.3, 0.4) is 0 Å². The molecule has 4 aromatic rings. The van der Waals surface area contributed by atoms with Crippen LogP contribution in [-0.4, -0.2) is 45.9 Å². The van der Waals surface area contributed by atoms with Gasteiger partial charge >= 0.3 is 5.97 Å². The zero-order valence-corrected chi connectivity index (χ0v) is 24.9. The summed E-state index contributed by atoms with van der Waals surface area (Å²) in [7, 11) is 0. The first-order valence-corrected chi connectivity index (χ1v) is 14.4. The number of amides is 2. The molecule has 1 saturated heterocycles. The summed E-state index contributed by atoms with van der Waals surface area (Å²) in [4.78, 5) is 46.2. The Labute approximate surface area is 250 Å². The molecule has 224 valence electrons. The van der Waals surface area contributed by atoms with Gasteiger partial charge in [0.2, 0.25) is 5.82 Å². The van der Waals surface area contributed by atoms with Crippen molar-refractivity contribution in [3.63, 3.8) is 0 Å². The molecule has 43 heavy (non-hydrogen) atoms. The average molecular weight is 586 g/mol. The molecule has 1 aliphatic rings. The lowest BCUT2D eigenvalue weighted by atomic mass is 10.1. The third-order valence-corrected chi connectivity index (χ3v) is 7.21. The van der Waals surface area contributed by atoms with Crippen LogP contribution in [0, 0.1) is 12.7 Å². The molecule has 0 bridgehead atoms. The van der Waals surface area contributed by atoms with E-state index in [1.54, 1.807) is 43.5 Å². The lowest BCUT2D eigenvalue weighted by Crippen LogP contribution is -2.31. The molecule has 2 amide bonds. The van der Waals surface area contributed by atoms with Gasteiger partial charge in [-0.1, -0.05) is 6.07 Å². The van der Waals surface area contributed by atoms with Crippen LogP contribution >= 0.6 is 0 Å². The number of anilines is 3. The molecule has 0 unspecified atom stereocenters. The number of ether oxygens (including phenoxy) is 1. The highest BCUT2D eigenvalue weighted by molar-refractivity contribution is 6.08. The topological polar surface area (TPSA) is 105 Å². The van der Waals surface area contributed by atoms with Crippen molar-refractivity contribution in [3.05, 3.63) is 89.3 Å². The number of imidazole rings is 1. The van der Waals surface area contributed by atoms with E-state index in [2.05, 4.69) is 20.5 Å². The Kier molecular flexibility index (Phi) is 8.47.